The van der Waals surface area contributed by atoms with Gasteiger partial charge in [-0.15, -0.1) is 0 Å². The van der Waals surface area contributed by atoms with Crippen LogP contribution in [-0.2, 0) is 12.8 Å². The van der Waals surface area contributed by atoms with Gasteiger partial charge in [0.25, 0.3) is 0 Å². The van der Waals surface area contributed by atoms with Gasteiger partial charge in [0, 0.05) is 12.6 Å². The fourth-order valence-electron chi connectivity index (χ4n) is 3.09. The highest BCUT2D eigenvalue weighted by molar-refractivity contribution is 5.37. The summed E-state index contributed by atoms with van der Waals surface area (Å²) in [5.74, 6) is 1.07. The standard InChI is InChI=1S/C18H27NO/c1-2-5-18(13-19-16-9-10-16)20-17-11-8-14-6-3-4-7-15(14)12-17/h8,11-12,16,18-19H,2-7,9-10,13H2,1H3. The number of aryl methyl sites for hydroxylation is 2. The van der Waals surface area contributed by atoms with Crippen molar-refractivity contribution in [2.45, 2.75) is 70.4 Å². The van der Waals surface area contributed by atoms with Gasteiger partial charge >= 0.3 is 0 Å². The SMILES string of the molecule is CCCC(CNC1CC1)Oc1ccc2c(c1)CCCC2. The number of ether oxygens (including phenoxy) is 1. The Hall–Kier alpha value is -1.02. The zero-order chi connectivity index (χ0) is 13.8. The number of hydrogen-bond acceptors (Lipinski definition) is 2. The maximum atomic E-state index is 6.24. The average molecular weight is 273 g/mol. The van der Waals surface area contributed by atoms with E-state index < -0.39 is 0 Å². The van der Waals surface area contributed by atoms with Crippen LogP contribution in [0.3, 0.4) is 0 Å². The Labute approximate surface area is 122 Å². The Balaban J connectivity index is 1.60. The van der Waals surface area contributed by atoms with Gasteiger partial charge in [0.1, 0.15) is 11.9 Å². The number of benzene rings is 1. The van der Waals surface area contributed by atoms with Gasteiger partial charge in [-0.3, -0.25) is 0 Å². The third-order valence-electron chi connectivity index (χ3n) is 4.44. The molecule has 1 fully saturated rings. The van der Waals surface area contributed by atoms with Crippen molar-refractivity contribution < 1.29 is 4.74 Å². The molecule has 2 heteroatoms. The van der Waals surface area contributed by atoms with Crippen molar-refractivity contribution in [3.8, 4) is 5.75 Å². The predicted molar refractivity (Wildman–Crippen MR) is 83.4 cm³/mol. The molecule has 20 heavy (non-hydrogen) atoms. The third-order valence-corrected chi connectivity index (χ3v) is 4.44. The first-order valence-electron chi connectivity index (χ1n) is 8.37. The van der Waals surface area contributed by atoms with E-state index in [9.17, 15) is 0 Å². The molecule has 1 atom stereocenters. The molecule has 0 radical (unpaired) electrons. The summed E-state index contributed by atoms with van der Waals surface area (Å²) in [5, 5.41) is 3.60. The van der Waals surface area contributed by atoms with Crippen molar-refractivity contribution in [1.82, 2.24) is 5.32 Å². The summed E-state index contributed by atoms with van der Waals surface area (Å²) in [7, 11) is 0. The molecule has 1 N–H and O–H groups in total. The largest absolute Gasteiger partial charge is 0.489 e. The van der Waals surface area contributed by atoms with Gasteiger partial charge in [-0.1, -0.05) is 19.4 Å². The first kappa shape index (κ1) is 13.9. The molecule has 0 aromatic heterocycles. The van der Waals surface area contributed by atoms with Gasteiger partial charge < -0.3 is 10.1 Å². The van der Waals surface area contributed by atoms with Gasteiger partial charge in [-0.2, -0.15) is 0 Å². The summed E-state index contributed by atoms with van der Waals surface area (Å²) in [6.45, 7) is 3.23. The van der Waals surface area contributed by atoms with Crippen molar-refractivity contribution in [1.29, 1.82) is 0 Å². The lowest BCUT2D eigenvalue weighted by molar-refractivity contribution is 0.185. The molecule has 1 aromatic rings. The molecule has 0 heterocycles. The highest BCUT2D eigenvalue weighted by Crippen LogP contribution is 2.26. The Kier molecular flexibility index (Phi) is 4.62. The van der Waals surface area contributed by atoms with Crippen LogP contribution >= 0.6 is 0 Å². The maximum Gasteiger partial charge on any atom is 0.120 e. The quantitative estimate of drug-likeness (QED) is 0.814. The molecule has 1 unspecified atom stereocenters. The van der Waals surface area contributed by atoms with E-state index in [1.165, 1.54) is 56.1 Å². The summed E-state index contributed by atoms with van der Waals surface area (Å²) in [6, 6.07) is 7.50. The van der Waals surface area contributed by atoms with Crippen LogP contribution in [0.2, 0.25) is 0 Å². The molecule has 0 spiro atoms. The van der Waals surface area contributed by atoms with Gasteiger partial charge in [0.2, 0.25) is 0 Å². The molecule has 110 valence electrons. The van der Waals surface area contributed by atoms with E-state index in [0.29, 0.717) is 6.10 Å². The molecule has 0 saturated heterocycles. The summed E-state index contributed by atoms with van der Waals surface area (Å²) in [4.78, 5) is 0. The minimum atomic E-state index is 0.322. The first-order chi connectivity index (χ1) is 9.85. The zero-order valence-electron chi connectivity index (χ0n) is 12.7. The van der Waals surface area contributed by atoms with Crippen LogP contribution in [0.15, 0.2) is 18.2 Å². The van der Waals surface area contributed by atoms with E-state index in [2.05, 4.69) is 30.4 Å². The van der Waals surface area contributed by atoms with Crippen LogP contribution in [0, 0.1) is 0 Å². The molecule has 2 aliphatic rings. The van der Waals surface area contributed by atoms with E-state index in [1.54, 1.807) is 0 Å². The van der Waals surface area contributed by atoms with Crippen molar-refractivity contribution in [2.75, 3.05) is 6.54 Å². The highest BCUT2D eigenvalue weighted by atomic mass is 16.5. The Morgan fingerprint density at radius 3 is 2.75 bits per heavy atom. The maximum absolute atomic E-state index is 6.24. The molecule has 2 nitrogen and oxygen atoms in total. The van der Waals surface area contributed by atoms with Crippen LogP contribution in [0.5, 0.6) is 5.75 Å². The molecule has 3 rings (SSSR count). The summed E-state index contributed by atoms with van der Waals surface area (Å²) >= 11 is 0. The molecule has 0 amide bonds. The number of rotatable bonds is 7. The van der Waals surface area contributed by atoms with Gasteiger partial charge in [0.05, 0.1) is 0 Å². The van der Waals surface area contributed by atoms with Crippen LogP contribution in [0.4, 0.5) is 0 Å². The van der Waals surface area contributed by atoms with E-state index in [4.69, 9.17) is 4.74 Å². The van der Waals surface area contributed by atoms with Crippen LogP contribution in [0.25, 0.3) is 0 Å². The Bertz CT molecular complexity index is 439. The van der Waals surface area contributed by atoms with Crippen LogP contribution in [-0.4, -0.2) is 18.7 Å². The fraction of sp³-hybridized carbons (Fsp3) is 0.667. The average Bonchev–Trinajstić information content (AvgIpc) is 3.29. The second-order valence-corrected chi connectivity index (χ2v) is 6.35. The number of nitrogens with one attached hydrogen (secondary N) is 1. The molecule has 0 aliphatic heterocycles. The second-order valence-electron chi connectivity index (χ2n) is 6.35. The minimum absolute atomic E-state index is 0.322. The minimum Gasteiger partial charge on any atom is -0.489 e. The van der Waals surface area contributed by atoms with E-state index >= 15 is 0 Å². The van der Waals surface area contributed by atoms with Gasteiger partial charge in [0.15, 0.2) is 0 Å². The smallest absolute Gasteiger partial charge is 0.120 e. The van der Waals surface area contributed by atoms with E-state index in [0.717, 1.165) is 24.8 Å². The Morgan fingerprint density at radius 1 is 1.20 bits per heavy atom. The Morgan fingerprint density at radius 2 is 2.00 bits per heavy atom. The van der Waals surface area contributed by atoms with Crippen molar-refractivity contribution in [3.63, 3.8) is 0 Å². The third kappa shape index (κ3) is 3.76. The van der Waals surface area contributed by atoms with Crippen molar-refractivity contribution >= 4 is 0 Å². The zero-order valence-corrected chi connectivity index (χ0v) is 12.7. The van der Waals surface area contributed by atoms with Crippen LogP contribution < -0.4 is 10.1 Å². The second kappa shape index (κ2) is 6.62. The first-order valence-corrected chi connectivity index (χ1v) is 8.37. The topological polar surface area (TPSA) is 21.3 Å². The van der Waals surface area contributed by atoms with Crippen molar-refractivity contribution in [2.24, 2.45) is 0 Å². The predicted octanol–water partition coefficient (Wildman–Crippen LogP) is 3.86. The monoisotopic (exact) mass is 273 g/mol. The molecular weight excluding hydrogens is 246 g/mol. The molecule has 1 aromatic carbocycles. The molecule has 1 saturated carbocycles. The lowest BCUT2D eigenvalue weighted by Gasteiger charge is -2.21. The molecule has 0 bridgehead atoms. The normalized spacial score (nSPS) is 19.4. The highest BCUT2D eigenvalue weighted by Gasteiger charge is 2.22. The fourth-order valence-corrected chi connectivity index (χ4v) is 3.09. The van der Waals surface area contributed by atoms with Crippen molar-refractivity contribution in [3.05, 3.63) is 29.3 Å². The van der Waals surface area contributed by atoms with Gasteiger partial charge in [-0.25, -0.2) is 0 Å². The summed E-state index contributed by atoms with van der Waals surface area (Å²) in [5.41, 5.74) is 3.05. The lowest BCUT2D eigenvalue weighted by atomic mass is 9.92. The molecular formula is C18H27NO. The van der Waals surface area contributed by atoms with Gasteiger partial charge in [-0.05, 0) is 68.2 Å². The van der Waals surface area contributed by atoms with E-state index in [1.807, 2.05) is 0 Å². The lowest BCUT2D eigenvalue weighted by Crippen LogP contribution is -2.32. The molecule has 2 aliphatic carbocycles. The number of fused-ring (bicyclic) bond motifs is 1. The summed E-state index contributed by atoms with van der Waals surface area (Å²) in [6.07, 6.45) is 10.5. The summed E-state index contributed by atoms with van der Waals surface area (Å²) < 4.78 is 6.24. The van der Waals surface area contributed by atoms with Crippen LogP contribution in [0.1, 0.15) is 56.6 Å². The number of hydrogen-bond donors (Lipinski definition) is 1. The van der Waals surface area contributed by atoms with E-state index in [-0.39, 0.29) is 0 Å².